The van der Waals surface area contributed by atoms with Gasteiger partial charge in [0.1, 0.15) is 0 Å². The zero-order valence-electron chi connectivity index (χ0n) is 11.7. The second-order valence-electron chi connectivity index (χ2n) is 4.57. The highest BCUT2D eigenvalue weighted by Gasteiger charge is 2.20. The Labute approximate surface area is 124 Å². The molecule has 1 rings (SSSR count). The van der Waals surface area contributed by atoms with E-state index in [4.69, 9.17) is 5.11 Å². The van der Waals surface area contributed by atoms with Gasteiger partial charge >= 0.3 is 12.0 Å². The lowest BCUT2D eigenvalue weighted by Gasteiger charge is -2.34. The van der Waals surface area contributed by atoms with Crippen molar-refractivity contribution in [2.45, 2.75) is 6.42 Å². The number of piperazine rings is 1. The van der Waals surface area contributed by atoms with Gasteiger partial charge in [-0.15, -0.1) is 6.58 Å². The number of carbonyl (C=O) groups is 2. The minimum Gasteiger partial charge on any atom is -0.481 e. The number of carbonyl (C=O) groups excluding carboxylic acids is 1. The average Bonchev–Trinajstić information content (AvgIpc) is 2.45. The van der Waals surface area contributed by atoms with Crippen molar-refractivity contribution in [2.75, 3.05) is 50.8 Å². The van der Waals surface area contributed by atoms with E-state index in [1.807, 2.05) is 6.08 Å². The number of nitrogens with zero attached hydrogens (tertiary/aromatic N) is 2. The van der Waals surface area contributed by atoms with Crippen LogP contribution in [-0.2, 0) is 4.79 Å². The molecule has 1 heterocycles. The SMILES string of the molecule is C=CCSCCNC(=O)N1CCN(CCC(=O)O)CC1. The first-order valence-electron chi connectivity index (χ1n) is 6.79. The van der Waals surface area contributed by atoms with Crippen molar-refractivity contribution in [1.29, 1.82) is 0 Å². The van der Waals surface area contributed by atoms with Crippen molar-refractivity contribution in [1.82, 2.24) is 15.1 Å². The number of rotatable bonds is 8. The molecule has 2 amide bonds. The summed E-state index contributed by atoms with van der Waals surface area (Å²) in [5.74, 6) is 1.01. The molecule has 6 nitrogen and oxygen atoms in total. The van der Waals surface area contributed by atoms with E-state index in [0.29, 0.717) is 26.2 Å². The molecular formula is C13H23N3O3S. The largest absolute Gasteiger partial charge is 0.481 e. The number of aliphatic carboxylic acids is 1. The molecule has 1 aliphatic heterocycles. The van der Waals surface area contributed by atoms with Gasteiger partial charge in [-0.3, -0.25) is 9.69 Å². The van der Waals surface area contributed by atoms with Crippen molar-refractivity contribution in [2.24, 2.45) is 0 Å². The van der Waals surface area contributed by atoms with E-state index < -0.39 is 5.97 Å². The summed E-state index contributed by atoms with van der Waals surface area (Å²) in [5.41, 5.74) is 0. The summed E-state index contributed by atoms with van der Waals surface area (Å²) < 4.78 is 0. The first kappa shape index (κ1) is 16.8. The molecule has 1 saturated heterocycles. The molecule has 0 aromatic rings. The van der Waals surface area contributed by atoms with Gasteiger partial charge in [0.25, 0.3) is 0 Å². The highest BCUT2D eigenvalue weighted by Crippen LogP contribution is 2.03. The maximum absolute atomic E-state index is 11.9. The standard InChI is InChI=1S/C13H23N3O3S/c1-2-10-20-11-4-14-13(19)16-8-6-15(7-9-16)5-3-12(17)18/h2H,1,3-11H2,(H,14,19)(H,17,18). The second kappa shape index (κ2) is 9.66. The third-order valence-electron chi connectivity index (χ3n) is 3.06. The summed E-state index contributed by atoms with van der Waals surface area (Å²) in [6.45, 7) is 7.66. The van der Waals surface area contributed by atoms with E-state index in [0.717, 1.165) is 24.6 Å². The highest BCUT2D eigenvalue weighted by atomic mass is 32.2. The highest BCUT2D eigenvalue weighted by molar-refractivity contribution is 7.99. The Morgan fingerprint density at radius 2 is 2.00 bits per heavy atom. The molecule has 1 fully saturated rings. The van der Waals surface area contributed by atoms with E-state index in [-0.39, 0.29) is 12.5 Å². The maximum Gasteiger partial charge on any atom is 0.317 e. The van der Waals surface area contributed by atoms with Gasteiger partial charge in [0.2, 0.25) is 0 Å². The number of urea groups is 1. The van der Waals surface area contributed by atoms with Crippen LogP contribution in [0.2, 0.25) is 0 Å². The zero-order valence-corrected chi connectivity index (χ0v) is 12.5. The summed E-state index contributed by atoms with van der Waals surface area (Å²) in [6, 6.07) is -0.0258. The van der Waals surface area contributed by atoms with Crippen LogP contribution in [0, 0.1) is 0 Å². The number of thioether (sulfide) groups is 1. The number of nitrogens with one attached hydrogen (secondary N) is 1. The van der Waals surface area contributed by atoms with Crippen molar-refractivity contribution in [3.05, 3.63) is 12.7 Å². The summed E-state index contributed by atoms with van der Waals surface area (Å²) in [5, 5.41) is 11.5. The topological polar surface area (TPSA) is 72.9 Å². The smallest absolute Gasteiger partial charge is 0.317 e. The van der Waals surface area contributed by atoms with Crippen LogP contribution in [0.1, 0.15) is 6.42 Å². The quantitative estimate of drug-likeness (QED) is 0.510. The van der Waals surface area contributed by atoms with E-state index >= 15 is 0 Å². The summed E-state index contributed by atoms with van der Waals surface area (Å²) in [7, 11) is 0. The number of carboxylic acids is 1. The van der Waals surface area contributed by atoms with Crippen LogP contribution in [0.25, 0.3) is 0 Å². The van der Waals surface area contributed by atoms with Gasteiger partial charge in [-0.2, -0.15) is 11.8 Å². The molecular weight excluding hydrogens is 278 g/mol. The molecule has 2 N–H and O–H groups in total. The lowest BCUT2D eigenvalue weighted by atomic mass is 10.3. The predicted octanol–water partition coefficient (Wildman–Crippen LogP) is 0.708. The Balaban J connectivity index is 2.12. The van der Waals surface area contributed by atoms with Crippen LogP contribution in [0.4, 0.5) is 4.79 Å². The maximum atomic E-state index is 11.9. The van der Waals surface area contributed by atoms with Crippen LogP contribution in [-0.4, -0.2) is 77.7 Å². The monoisotopic (exact) mass is 301 g/mol. The molecule has 0 radical (unpaired) electrons. The van der Waals surface area contributed by atoms with Gasteiger partial charge in [0.05, 0.1) is 6.42 Å². The Kier molecular flexibility index (Phi) is 8.13. The van der Waals surface area contributed by atoms with Gasteiger partial charge in [-0.25, -0.2) is 4.79 Å². The molecule has 0 aromatic carbocycles. The average molecular weight is 301 g/mol. The molecule has 7 heteroatoms. The summed E-state index contributed by atoms with van der Waals surface area (Å²) in [4.78, 5) is 26.2. The van der Waals surface area contributed by atoms with Crippen LogP contribution in [0.15, 0.2) is 12.7 Å². The van der Waals surface area contributed by atoms with Gasteiger partial charge < -0.3 is 15.3 Å². The third-order valence-corrected chi connectivity index (χ3v) is 4.02. The third kappa shape index (κ3) is 6.81. The van der Waals surface area contributed by atoms with Crippen LogP contribution in [0.5, 0.6) is 0 Å². The van der Waals surface area contributed by atoms with Gasteiger partial charge in [-0.1, -0.05) is 6.08 Å². The number of amides is 2. The van der Waals surface area contributed by atoms with Crippen molar-refractivity contribution in [3.63, 3.8) is 0 Å². The number of hydrogen-bond donors (Lipinski definition) is 2. The minimum atomic E-state index is -0.776. The van der Waals surface area contributed by atoms with E-state index in [1.54, 1.807) is 16.7 Å². The van der Waals surface area contributed by atoms with E-state index in [1.165, 1.54) is 0 Å². The molecule has 0 saturated carbocycles. The fourth-order valence-corrected chi connectivity index (χ4v) is 2.52. The van der Waals surface area contributed by atoms with Crippen molar-refractivity contribution in [3.8, 4) is 0 Å². The Hall–Kier alpha value is -1.21. The fraction of sp³-hybridized carbons (Fsp3) is 0.692. The Morgan fingerprint density at radius 1 is 1.30 bits per heavy atom. The fourth-order valence-electron chi connectivity index (χ4n) is 1.94. The number of hydrogen-bond acceptors (Lipinski definition) is 4. The molecule has 0 aromatic heterocycles. The predicted molar refractivity (Wildman–Crippen MR) is 81.2 cm³/mol. The molecule has 114 valence electrons. The molecule has 0 bridgehead atoms. The Morgan fingerprint density at radius 3 is 2.60 bits per heavy atom. The first-order chi connectivity index (χ1) is 9.63. The summed E-state index contributed by atoms with van der Waals surface area (Å²) in [6.07, 6.45) is 2.01. The lowest BCUT2D eigenvalue weighted by molar-refractivity contribution is -0.137. The second-order valence-corrected chi connectivity index (χ2v) is 5.72. The molecule has 20 heavy (non-hydrogen) atoms. The van der Waals surface area contributed by atoms with Crippen LogP contribution < -0.4 is 5.32 Å². The van der Waals surface area contributed by atoms with Gasteiger partial charge in [-0.05, 0) is 0 Å². The van der Waals surface area contributed by atoms with E-state index in [9.17, 15) is 9.59 Å². The van der Waals surface area contributed by atoms with Gasteiger partial charge in [0, 0.05) is 50.8 Å². The molecule has 0 unspecified atom stereocenters. The minimum absolute atomic E-state index is 0.0258. The van der Waals surface area contributed by atoms with Crippen molar-refractivity contribution < 1.29 is 14.7 Å². The number of carboxylic acid groups (broad SMARTS) is 1. The van der Waals surface area contributed by atoms with Crippen LogP contribution >= 0.6 is 11.8 Å². The molecule has 0 aliphatic carbocycles. The molecule has 1 aliphatic rings. The Bertz CT molecular complexity index is 331. The first-order valence-corrected chi connectivity index (χ1v) is 7.94. The lowest BCUT2D eigenvalue weighted by Crippen LogP contribution is -2.52. The van der Waals surface area contributed by atoms with Crippen LogP contribution in [0.3, 0.4) is 0 Å². The summed E-state index contributed by atoms with van der Waals surface area (Å²) >= 11 is 1.74. The van der Waals surface area contributed by atoms with Gasteiger partial charge in [0.15, 0.2) is 0 Å². The van der Waals surface area contributed by atoms with E-state index in [2.05, 4.69) is 16.8 Å². The normalized spacial score (nSPS) is 15.9. The molecule has 0 spiro atoms. The van der Waals surface area contributed by atoms with Crippen molar-refractivity contribution >= 4 is 23.8 Å². The molecule has 0 atom stereocenters. The zero-order chi connectivity index (χ0) is 14.8.